The van der Waals surface area contributed by atoms with Gasteiger partial charge in [0.25, 0.3) is 0 Å². The predicted octanol–water partition coefficient (Wildman–Crippen LogP) is 2.76. The van der Waals surface area contributed by atoms with Crippen LogP contribution in [-0.2, 0) is 0 Å². The van der Waals surface area contributed by atoms with E-state index in [4.69, 9.17) is 21.1 Å². The highest BCUT2D eigenvalue weighted by Crippen LogP contribution is 2.15. The molecule has 0 bridgehead atoms. The maximum absolute atomic E-state index is 11.7. The number of methoxy groups -OCH3 is 1. The summed E-state index contributed by atoms with van der Waals surface area (Å²) in [5.74, 6) is 0.325. The Balaban J connectivity index is 2.09. The zero-order valence-corrected chi connectivity index (χ0v) is 10.3. The molecule has 0 saturated carbocycles. The van der Waals surface area contributed by atoms with E-state index >= 15 is 0 Å². The first-order valence-corrected chi connectivity index (χ1v) is 5.46. The predicted molar refractivity (Wildman–Crippen MR) is 66.0 cm³/mol. The van der Waals surface area contributed by atoms with Crippen molar-refractivity contribution in [3.63, 3.8) is 0 Å². The topological polar surface area (TPSA) is 48.4 Å². The van der Waals surface area contributed by atoms with Gasteiger partial charge in [-0.05, 0) is 24.3 Å². The van der Waals surface area contributed by atoms with Crippen LogP contribution in [0.4, 0.5) is 0 Å². The van der Waals surface area contributed by atoms with Crippen molar-refractivity contribution in [1.29, 1.82) is 0 Å². The smallest absolute Gasteiger partial charge is 0.344 e. The van der Waals surface area contributed by atoms with E-state index in [1.165, 1.54) is 12.3 Å². The van der Waals surface area contributed by atoms with Crippen LogP contribution in [0.5, 0.6) is 11.6 Å². The molecule has 1 radical (unpaired) electrons. The number of benzene rings is 1. The number of hydrogen-bond acceptors (Lipinski definition) is 4. The monoisotopic (exact) mass is 262 g/mol. The zero-order chi connectivity index (χ0) is 13.0. The van der Waals surface area contributed by atoms with Gasteiger partial charge in [-0.2, -0.15) is 0 Å². The van der Waals surface area contributed by atoms with Crippen molar-refractivity contribution in [1.82, 2.24) is 4.98 Å². The van der Waals surface area contributed by atoms with Crippen molar-refractivity contribution < 1.29 is 14.3 Å². The van der Waals surface area contributed by atoms with E-state index in [2.05, 4.69) is 11.1 Å². The SMILES string of the molecule is COc1ccc(C(=O)Oc2c[c]c(Cl)cn2)cc1. The Hall–Kier alpha value is -2.07. The molecular weight excluding hydrogens is 254 g/mol. The van der Waals surface area contributed by atoms with Crippen molar-refractivity contribution in [3.8, 4) is 11.6 Å². The van der Waals surface area contributed by atoms with E-state index in [-0.39, 0.29) is 5.88 Å². The van der Waals surface area contributed by atoms with Crippen molar-refractivity contribution in [3.05, 3.63) is 53.2 Å². The minimum absolute atomic E-state index is 0.153. The summed E-state index contributed by atoms with van der Waals surface area (Å²) in [6.07, 6.45) is 1.36. The van der Waals surface area contributed by atoms with Crippen LogP contribution >= 0.6 is 11.6 Å². The van der Waals surface area contributed by atoms with Gasteiger partial charge in [0.15, 0.2) is 0 Å². The fourth-order valence-corrected chi connectivity index (χ4v) is 1.37. The maximum atomic E-state index is 11.7. The number of nitrogens with zero attached hydrogens (tertiary/aromatic N) is 1. The van der Waals surface area contributed by atoms with Gasteiger partial charge in [0.1, 0.15) is 5.75 Å². The number of aromatic nitrogens is 1. The van der Waals surface area contributed by atoms with Gasteiger partial charge < -0.3 is 9.47 Å². The zero-order valence-electron chi connectivity index (χ0n) is 9.51. The molecular formula is C13H9ClNO3. The van der Waals surface area contributed by atoms with Crippen LogP contribution in [0.25, 0.3) is 0 Å². The minimum Gasteiger partial charge on any atom is -0.497 e. The molecule has 0 aliphatic heterocycles. The van der Waals surface area contributed by atoms with Crippen molar-refractivity contribution in [2.45, 2.75) is 0 Å². The van der Waals surface area contributed by atoms with Crippen LogP contribution in [0.3, 0.4) is 0 Å². The molecule has 91 valence electrons. The quantitative estimate of drug-likeness (QED) is 0.798. The third kappa shape index (κ3) is 2.99. The van der Waals surface area contributed by atoms with Gasteiger partial charge in [-0.15, -0.1) is 0 Å². The Kier molecular flexibility index (Phi) is 3.79. The molecule has 1 aromatic carbocycles. The lowest BCUT2D eigenvalue weighted by Crippen LogP contribution is -2.09. The molecule has 0 saturated heterocycles. The Morgan fingerprint density at radius 3 is 2.61 bits per heavy atom. The molecule has 0 spiro atoms. The van der Waals surface area contributed by atoms with Gasteiger partial charge in [-0.1, -0.05) is 11.6 Å². The highest BCUT2D eigenvalue weighted by atomic mass is 35.5. The fraction of sp³-hybridized carbons (Fsp3) is 0.0769. The van der Waals surface area contributed by atoms with Gasteiger partial charge in [0.05, 0.1) is 23.9 Å². The number of halogens is 1. The van der Waals surface area contributed by atoms with Crippen molar-refractivity contribution in [2.24, 2.45) is 0 Å². The summed E-state index contributed by atoms with van der Waals surface area (Å²) < 4.78 is 10.0. The first-order chi connectivity index (χ1) is 8.69. The number of ether oxygens (including phenoxy) is 2. The van der Waals surface area contributed by atoms with Gasteiger partial charge in [-0.3, -0.25) is 0 Å². The van der Waals surface area contributed by atoms with Crippen LogP contribution in [0, 0.1) is 6.07 Å². The standard InChI is InChI=1S/C13H9ClNO3/c1-17-11-5-2-9(3-6-11)13(16)18-12-7-4-10(14)8-15-12/h2-3,5-8H,1H3. The van der Waals surface area contributed by atoms with E-state index in [9.17, 15) is 4.79 Å². The molecule has 2 rings (SSSR count). The van der Waals surface area contributed by atoms with Crippen LogP contribution in [0.1, 0.15) is 10.4 Å². The molecule has 0 atom stereocenters. The molecule has 0 aliphatic rings. The average molecular weight is 263 g/mol. The van der Waals surface area contributed by atoms with Crippen LogP contribution in [0.2, 0.25) is 5.02 Å². The summed E-state index contributed by atoms with van der Waals surface area (Å²) in [7, 11) is 1.56. The highest BCUT2D eigenvalue weighted by Gasteiger charge is 2.09. The number of carbonyl (C=O) groups excluding carboxylic acids is 1. The van der Waals surface area contributed by atoms with Crippen LogP contribution < -0.4 is 9.47 Å². The number of rotatable bonds is 3. The molecule has 0 unspecified atom stereocenters. The molecule has 2 aromatic rings. The normalized spacial score (nSPS) is 9.89. The number of hydrogen-bond donors (Lipinski definition) is 0. The molecule has 4 nitrogen and oxygen atoms in total. The van der Waals surface area contributed by atoms with E-state index in [0.29, 0.717) is 16.3 Å². The van der Waals surface area contributed by atoms with Crippen LogP contribution in [-0.4, -0.2) is 18.1 Å². The van der Waals surface area contributed by atoms with E-state index in [1.54, 1.807) is 31.4 Å². The highest BCUT2D eigenvalue weighted by molar-refractivity contribution is 6.30. The largest absolute Gasteiger partial charge is 0.497 e. The average Bonchev–Trinajstić information content (AvgIpc) is 2.41. The molecule has 1 aromatic heterocycles. The molecule has 18 heavy (non-hydrogen) atoms. The Labute approximate surface area is 109 Å². The summed E-state index contributed by atoms with van der Waals surface area (Å²) in [4.78, 5) is 15.6. The second-order valence-electron chi connectivity index (χ2n) is 3.35. The molecule has 5 heteroatoms. The fourth-order valence-electron chi connectivity index (χ4n) is 1.26. The Morgan fingerprint density at radius 2 is 2.06 bits per heavy atom. The molecule has 0 amide bonds. The lowest BCUT2D eigenvalue weighted by molar-refractivity contribution is 0.0727. The first kappa shape index (κ1) is 12.4. The number of esters is 1. The second kappa shape index (κ2) is 5.51. The summed E-state index contributed by atoms with van der Waals surface area (Å²) >= 11 is 5.63. The Morgan fingerprint density at radius 1 is 1.33 bits per heavy atom. The third-order valence-electron chi connectivity index (χ3n) is 2.16. The number of carbonyl (C=O) groups is 1. The second-order valence-corrected chi connectivity index (χ2v) is 3.76. The van der Waals surface area contributed by atoms with Gasteiger partial charge in [0, 0.05) is 12.1 Å². The third-order valence-corrected chi connectivity index (χ3v) is 2.37. The van der Waals surface area contributed by atoms with Gasteiger partial charge in [-0.25, -0.2) is 9.78 Å². The molecule has 0 aliphatic carbocycles. The van der Waals surface area contributed by atoms with E-state index in [1.807, 2.05) is 0 Å². The summed E-state index contributed by atoms with van der Waals surface area (Å²) in [5, 5.41) is 0.360. The molecule has 0 N–H and O–H groups in total. The Bertz CT molecular complexity index is 537. The summed E-state index contributed by atoms with van der Waals surface area (Å²) in [6, 6.07) is 10.7. The van der Waals surface area contributed by atoms with Crippen molar-refractivity contribution >= 4 is 17.6 Å². The van der Waals surface area contributed by atoms with Gasteiger partial charge in [0.2, 0.25) is 5.88 Å². The van der Waals surface area contributed by atoms with E-state index in [0.717, 1.165) is 0 Å². The minimum atomic E-state index is -0.499. The lowest BCUT2D eigenvalue weighted by Gasteiger charge is -2.04. The van der Waals surface area contributed by atoms with Crippen molar-refractivity contribution in [2.75, 3.05) is 7.11 Å². The molecule has 1 heterocycles. The van der Waals surface area contributed by atoms with Gasteiger partial charge >= 0.3 is 5.97 Å². The number of pyridine rings is 1. The maximum Gasteiger partial charge on any atom is 0.344 e. The van der Waals surface area contributed by atoms with E-state index < -0.39 is 5.97 Å². The molecule has 0 fully saturated rings. The first-order valence-electron chi connectivity index (χ1n) is 5.08. The summed E-state index contributed by atoms with van der Waals surface area (Å²) in [6.45, 7) is 0. The lowest BCUT2D eigenvalue weighted by atomic mass is 10.2. The van der Waals surface area contributed by atoms with Crippen LogP contribution in [0.15, 0.2) is 36.5 Å². The summed E-state index contributed by atoms with van der Waals surface area (Å²) in [5.41, 5.74) is 0.410.